The van der Waals surface area contributed by atoms with Crippen LogP contribution in [0.2, 0.25) is 0 Å². The molecule has 5 nitrogen and oxygen atoms in total. The number of carbonyl (C=O) groups is 2. The van der Waals surface area contributed by atoms with E-state index in [1.807, 2.05) is 0 Å². The summed E-state index contributed by atoms with van der Waals surface area (Å²) in [6.45, 7) is -0.595. The quantitative estimate of drug-likeness (QED) is 0.506. The van der Waals surface area contributed by atoms with Crippen molar-refractivity contribution in [3.05, 3.63) is 41.5 Å². The fourth-order valence-corrected chi connectivity index (χ4v) is 2.12. The molecule has 112 valence electrons. The van der Waals surface area contributed by atoms with Gasteiger partial charge in [0.1, 0.15) is 0 Å². The van der Waals surface area contributed by atoms with Crippen molar-refractivity contribution in [1.29, 1.82) is 0 Å². The molecule has 21 heavy (non-hydrogen) atoms. The van der Waals surface area contributed by atoms with E-state index in [2.05, 4.69) is 0 Å². The van der Waals surface area contributed by atoms with Crippen molar-refractivity contribution in [2.45, 2.75) is 12.3 Å². The molecule has 1 heterocycles. The van der Waals surface area contributed by atoms with E-state index in [0.29, 0.717) is 5.56 Å². The third kappa shape index (κ3) is 3.63. The molecule has 0 atom stereocenters. The molecule has 2 N–H and O–H groups in total. The van der Waals surface area contributed by atoms with E-state index in [9.17, 15) is 18.4 Å². The number of amides is 2. The van der Waals surface area contributed by atoms with Gasteiger partial charge in [0.2, 0.25) is 0 Å². The van der Waals surface area contributed by atoms with Crippen LogP contribution in [-0.2, 0) is 4.79 Å². The smallest absolute Gasteiger partial charge is 0.267 e. The first-order valence-corrected chi connectivity index (χ1v) is 6.31. The highest BCUT2D eigenvalue weighted by Crippen LogP contribution is 2.28. The summed E-state index contributed by atoms with van der Waals surface area (Å²) in [4.78, 5) is 24.3. The summed E-state index contributed by atoms with van der Waals surface area (Å²) in [6, 6.07) is 6.37. The zero-order valence-electron chi connectivity index (χ0n) is 11.1. The van der Waals surface area contributed by atoms with E-state index in [-0.39, 0.29) is 18.5 Å². The third-order valence-electron chi connectivity index (χ3n) is 3.17. The Hall–Kier alpha value is -2.28. The van der Waals surface area contributed by atoms with Gasteiger partial charge in [-0.1, -0.05) is 18.2 Å². The second-order valence-electron chi connectivity index (χ2n) is 4.73. The SMILES string of the molecule is O=C(C=Cc1ccccc1C(=O)N1CCC(F)(F)C1)NO. The molecule has 0 bridgehead atoms. The predicted molar refractivity (Wildman–Crippen MR) is 70.9 cm³/mol. The van der Waals surface area contributed by atoms with Gasteiger partial charge in [0, 0.05) is 24.6 Å². The Bertz CT molecular complexity index is 587. The second kappa shape index (κ2) is 6.01. The summed E-state index contributed by atoms with van der Waals surface area (Å²) in [5.41, 5.74) is 2.08. The molecular weight excluding hydrogens is 282 g/mol. The number of hydrogen-bond acceptors (Lipinski definition) is 3. The van der Waals surface area contributed by atoms with Crippen LogP contribution in [0.3, 0.4) is 0 Å². The zero-order valence-corrected chi connectivity index (χ0v) is 11.1. The fourth-order valence-electron chi connectivity index (χ4n) is 2.12. The van der Waals surface area contributed by atoms with Gasteiger partial charge in [-0.3, -0.25) is 14.8 Å². The molecule has 1 aliphatic rings. The first-order chi connectivity index (χ1) is 9.93. The van der Waals surface area contributed by atoms with Crippen molar-refractivity contribution in [2.24, 2.45) is 0 Å². The van der Waals surface area contributed by atoms with Crippen molar-refractivity contribution in [1.82, 2.24) is 10.4 Å². The molecular formula is C14H14F2N2O3. The molecule has 1 aromatic carbocycles. The minimum atomic E-state index is -2.85. The van der Waals surface area contributed by atoms with E-state index >= 15 is 0 Å². The van der Waals surface area contributed by atoms with Crippen LogP contribution in [0.4, 0.5) is 8.78 Å². The average Bonchev–Trinajstić information content (AvgIpc) is 2.84. The van der Waals surface area contributed by atoms with Crippen LogP contribution in [0, 0.1) is 0 Å². The molecule has 2 rings (SSSR count). The van der Waals surface area contributed by atoms with Crippen LogP contribution in [0.5, 0.6) is 0 Å². The molecule has 1 fully saturated rings. The lowest BCUT2D eigenvalue weighted by Gasteiger charge is -2.17. The van der Waals surface area contributed by atoms with Gasteiger partial charge < -0.3 is 4.90 Å². The number of hydroxylamine groups is 1. The molecule has 0 unspecified atom stereocenters. The van der Waals surface area contributed by atoms with Gasteiger partial charge in [-0.25, -0.2) is 14.3 Å². The highest BCUT2D eigenvalue weighted by molar-refractivity contribution is 5.99. The summed E-state index contributed by atoms with van der Waals surface area (Å²) in [7, 11) is 0. The lowest BCUT2D eigenvalue weighted by atomic mass is 10.1. The van der Waals surface area contributed by atoms with Gasteiger partial charge in [-0.15, -0.1) is 0 Å². The monoisotopic (exact) mass is 296 g/mol. The van der Waals surface area contributed by atoms with Gasteiger partial charge in [-0.05, 0) is 17.7 Å². The first kappa shape index (κ1) is 15.1. The van der Waals surface area contributed by atoms with Gasteiger partial charge in [-0.2, -0.15) is 0 Å². The number of halogens is 2. The van der Waals surface area contributed by atoms with E-state index < -0.39 is 24.3 Å². The Labute approximate surface area is 119 Å². The number of hydrogen-bond donors (Lipinski definition) is 2. The molecule has 2 amide bonds. The summed E-state index contributed by atoms with van der Waals surface area (Å²) in [6.07, 6.45) is 2.04. The molecule has 1 aromatic rings. The minimum Gasteiger partial charge on any atom is -0.332 e. The largest absolute Gasteiger partial charge is 0.332 e. The Morgan fingerprint density at radius 1 is 1.33 bits per heavy atom. The molecule has 0 radical (unpaired) electrons. The Kier molecular flexibility index (Phi) is 4.32. The normalized spacial score (nSPS) is 17.2. The molecule has 0 aromatic heterocycles. The maximum atomic E-state index is 13.2. The van der Waals surface area contributed by atoms with Crippen LogP contribution < -0.4 is 5.48 Å². The fraction of sp³-hybridized carbons (Fsp3) is 0.286. The number of nitrogens with zero attached hydrogens (tertiary/aromatic N) is 1. The van der Waals surface area contributed by atoms with Crippen molar-refractivity contribution in [3.8, 4) is 0 Å². The number of carbonyl (C=O) groups excluding carboxylic acids is 2. The number of likely N-dealkylation sites (tertiary alicyclic amines) is 1. The van der Waals surface area contributed by atoms with Gasteiger partial charge in [0.15, 0.2) is 0 Å². The summed E-state index contributed by atoms with van der Waals surface area (Å²) < 4.78 is 26.4. The number of nitrogens with one attached hydrogen (secondary N) is 1. The van der Waals surface area contributed by atoms with Gasteiger partial charge in [0.25, 0.3) is 17.7 Å². The molecule has 7 heteroatoms. The molecule has 0 spiro atoms. The average molecular weight is 296 g/mol. The van der Waals surface area contributed by atoms with Crippen molar-refractivity contribution < 1.29 is 23.6 Å². The number of alkyl halides is 2. The Morgan fingerprint density at radius 2 is 2.05 bits per heavy atom. The lowest BCUT2D eigenvalue weighted by Crippen LogP contribution is -2.31. The number of rotatable bonds is 3. The Morgan fingerprint density at radius 3 is 2.67 bits per heavy atom. The predicted octanol–water partition coefficient (Wildman–Crippen LogP) is 1.69. The highest BCUT2D eigenvalue weighted by atomic mass is 19.3. The molecule has 1 saturated heterocycles. The maximum Gasteiger partial charge on any atom is 0.267 e. The second-order valence-corrected chi connectivity index (χ2v) is 4.73. The van der Waals surface area contributed by atoms with E-state index in [0.717, 1.165) is 11.0 Å². The van der Waals surface area contributed by atoms with E-state index in [1.54, 1.807) is 18.2 Å². The van der Waals surface area contributed by atoms with Gasteiger partial charge in [0.05, 0.1) is 6.54 Å². The van der Waals surface area contributed by atoms with Crippen LogP contribution in [-0.4, -0.2) is 40.9 Å². The zero-order chi connectivity index (χ0) is 15.5. The third-order valence-corrected chi connectivity index (χ3v) is 3.17. The van der Waals surface area contributed by atoms with E-state index in [1.165, 1.54) is 17.6 Å². The van der Waals surface area contributed by atoms with Crippen molar-refractivity contribution in [2.75, 3.05) is 13.1 Å². The maximum absolute atomic E-state index is 13.2. The summed E-state index contributed by atoms with van der Waals surface area (Å²) in [5.74, 6) is -4.10. The van der Waals surface area contributed by atoms with Crippen molar-refractivity contribution in [3.63, 3.8) is 0 Å². The standard InChI is InChI=1S/C14H14F2N2O3/c15-14(16)7-8-18(9-14)13(20)11-4-2-1-3-10(11)5-6-12(19)17-21/h1-6,21H,7-9H2,(H,17,19). The van der Waals surface area contributed by atoms with Crippen LogP contribution >= 0.6 is 0 Å². The topological polar surface area (TPSA) is 69.6 Å². The first-order valence-electron chi connectivity index (χ1n) is 6.31. The number of benzene rings is 1. The molecule has 0 saturated carbocycles. The minimum absolute atomic E-state index is 0.00100. The summed E-state index contributed by atoms with van der Waals surface area (Å²) in [5, 5.41) is 8.41. The van der Waals surface area contributed by atoms with Crippen LogP contribution in [0.25, 0.3) is 6.08 Å². The lowest BCUT2D eigenvalue weighted by molar-refractivity contribution is -0.124. The van der Waals surface area contributed by atoms with Crippen molar-refractivity contribution >= 4 is 17.9 Å². The van der Waals surface area contributed by atoms with Gasteiger partial charge >= 0.3 is 0 Å². The van der Waals surface area contributed by atoms with Crippen LogP contribution in [0.15, 0.2) is 30.3 Å². The summed E-state index contributed by atoms with van der Waals surface area (Å²) >= 11 is 0. The Balaban J connectivity index is 2.22. The molecule has 0 aliphatic carbocycles. The highest BCUT2D eigenvalue weighted by Gasteiger charge is 2.40. The van der Waals surface area contributed by atoms with Crippen LogP contribution in [0.1, 0.15) is 22.3 Å². The van der Waals surface area contributed by atoms with E-state index in [4.69, 9.17) is 5.21 Å². The molecule has 1 aliphatic heterocycles.